The number of rotatable bonds is 4. The number of carboxylic acids is 1. The van der Waals surface area contributed by atoms with Gasteiger partial charge in [-0.1, -0.05) is 43.6 Å². The fraction of sp³-hybridized carbons (Fsp3) is 0.533. The molecule has 0 aromatic heterocycles. The van der Waals surface area contributed by atoms with Crippen molar-refractivity contribution in [3.63, 3.8) is 0 Å². The quantitative estimate of drug-likeness (QED) is 0.922. The molecule has 0 aliphatic carbocycles. The Morgan fingerprint density at radius 1 is 1.42 bits per heavy atom. The van der Waals surface area contributed by atoms with Crippen LogP contribution in [0.3, 0.4) is 0 Å². The molecule has 0 spiro atoms. The Hall–Kier alpha value is -1.06. The van der Waals surface area contributed by atoms with Crippen molar-refractivity contribution in [3.8, 4) is 0 Å². The minimum atomic E-state index is -0.726. The third kappa shape index (κ3) is 3.28. The Kier molecular flexibility index (Phi) is 4.48. The number of halogens is 1. The normalized spacial score (nSPS) is 24.0. The molecule has 2 rings (SSSR count). The number of likely N-dealkylation sites (tertiary alicyclic amines) is 1. The van der Waals surface area contributed by atoms with Gasteiger partial charge in [-0.25, -0.2) is 0 Å². The van der Waals surface area contributed by atoms with Crippen LogP contribution in [0.25, 0.3) is 0 Å². The van der Waals surface area contributed by atoms with Crippen LogP contribution in [0.4, 0.5) is 0 Å². The predicted molar refractivity (Wildman–Crippen MR) is 76.6 cm³/mol. The number of carbonyl (C=O) groups is 1. The largest absolute Gasteiger partial charge is 0.481 e. The highest BCUT2D eigenvalue weighted by molar-refractivity contribution is 6.31. The van der Waals surface area contributed by atoms with Crippen molar-refractivity contribution in [1.82, 2.24) is 4.90 Å². The van der Waals surface area contributed by atoms with Crippen LogP contribution in [0.2, 0.25) is 5.02 Å². The second-order valence-corrected chi connectivity index (χ2v) is 6.09. The lowest BCUT2D eigenvalue weighted by Crippen LogP contribution is -2.26. The van der Waals surface area contributed by atoms with Crippen LogP contribution >= 0.6 is 11.6 Å². The molecule has 1 aromatic carbocycles. The van der Waals surface area contributed by atoms with Crippen molar-refractivity contribution >= 4 is 17.6 Å². The first-order valence-corrected chi connectivity index (χ1v) is 7.06. The van der Waals surface area contributed by atoms with Gasteiger partial charge in [0.15, 0.2) is 0 Å². The second kappa shape index (κ2) is 5.93. The second-order valence-electron chi connectivity index (χ2n) is 5.69. The Bertz CT molecular complexity index is 461. The summed E-state index contributed by atoms with van der Waals surface area (Å²) in [7, 11) is 0. The summed E-state index contributed by atoms with van der Waals surface area (Å²) in [5, 5.41) is 10.1. The molecule has 1 aromatic rings. The number of aliphatic carboxylic acids is 1. The van der Waals surface area contributed by atoms with E-state index in [1.54, 1.807) is 0 Å². The molecule has 1 N–H and O–H groups in total. The van der Waals surface area contributed by atoms with E-state index in [0.717, 1.165) is 18.7 Å². The first kappa shape index (κ1) is 14.4. The van der Waals surface area contributed by atoms with Gasteiger partial charge in [0.25, 0.3) is 0 Å². The average molecular weight is 282 g/mol. The first-order valence-electron chi connectivity index (χ1n) is 6.68. The van der Waals surface area contributed by atoms with E-state index in [-0.39, 0.29) is 11.8 Å². The van der Waals surface area contributed by atoms with Gasteiger partial charge >= 0.3 is 5.97 Å². The summed E-state index contributed by atoms with van der Waals surface area (Å²) in [6.45, 7) is 6.63. The van der Waals surface area contributed by atoms with Crippen LogP contribution in [0.5, 0.6) is 0 Å². The molecule has 1 heterocycles. The molecule has 19 heavy (non-hydrogen) atoms. The Morgan fingerprint density at radius 3 is 2.68 bits per heavy atom. The number of hydrogen-bond donors (Lipinski definition) is 1. The number of nitrogens with zero attached hydrogens (tertiary/aromatic N) is 1. The number of hydrogen-bond acceptors (Lipinski definition) is 2. The van der Waals surface area contributed by atoms with Crippen LogP contribution in [0.15, 0.2) is 24.3 Å². The van der Waals surface area contributed by atoms with Gasteiger partial charge in [0.1, 0.15) is 0 Å². The van der Waals surface area contributed by atoms with Crippen LogP contribution in [-0.4, -0.2) is 35.6 Å². The highest BCUT2D eigenvalue weighted by Crippen LogP contribution is 2.36. The molecular formula is C15H20ClNO2. The van der Waals surface area contributed by atoms with Crippen molar-refractivity contribution in [3.05, 3.63) is 34.9 Å². The molecule has 1 aliphatic rings. The standard InChI is InChI=1S/C15H20ClNO2/c1-10(2)7-17-8-12(13(9-17)15(18)19)11-5-3-4-6-14(11)16/h3-6,10,12-13H,7-9H2,1-2H3,(H,18,19)/t12-,13+/m1/s1. The van der Waals surface area contributed by atoms with Crippen molar-refractivity contribution in [2.45, 2.75) is 19.8 Å². The summed E-state index contributed by atoms with van der Waals surface area (Å²) < 4.78 is 0. The van der Waals surface area contributed by atoms with Gasteiger partial charge in [-0.3, -0.25) is 4.79 Å². The van der Waals surface area contributed by atoms with Gasteiger partial charge in [-0.05, 0) is 17.5 Å². The first-order chi connectivity index (χ1) is 8.99. The highest BCUT2D eigenvalue weighted by Gasteiger charge is 2.39. The maximum Gasteiger partial charge on any atom is 0.308 e. The van der Waals surface area contributed by atoms with Crippen molar-refractivity contribution in [2.75, 3.05) is 19.6 Å². The molecule has 2 atom stereocenters. The third-order valence-corrected chi connectivity index (χ3v) is 3.98. The van der Waals surface area contributed by atoms with Crippen LogP contribution in [0, 0.1) is 11.8 Å². The molecule has 104 valence electrons. The van der Waals surface area contributed by atoms with Crippen LogP contribution in [0.1, 0.15) is 25.3 Å². The molecule has 1 aliphatic heterocycles. The Labute approximate surface area is 119 Å². The lowest BCUT2D eigenvalue weighted by molar-refractivity contribution is -0.141. The van der Waals surface area contributed by atoms with Crippen LogP contribution in [-0.2, 0) is 4.79 Å². The van der Waals surface area contributed by atoms with Crippen molar-refractivity contribution < 1.29 is 9.90 Å². The van der Waals surface area contributed by atoms with Gasteiger partial charge in [-0.15, -0.1) is 0 Å². The molecule has 1 fully saturated rings. The summed E-state index contributed by atoms with van der Waals surface area (Å²) in [5.74, 6) is -0.556. The van der Waals surface area contributed by atoms with E-state index in [0.29, 0.717) is 17.5 Å². The third-order valence-electron chi connectivity index (χ3n) is 3.64. The van der Waals surface area contributed by atoms with Crippen molar-refractivity contribution in [2.24, 2.45) is 11.8 Å². The topological polar surface area (TPSA) is 40.5 Å². The number of benzene rings is 1. The van der Waals surface area contributed by atoms with E-state index in [9.17, 15) is 9.90 Å². The fourth-order valence-electron chi connectivity index (χ4n) is 2.89. The maximum absolute atomic E-state index is 11.5. The average Bonchev–Trinajstić information content (AvgIpc) is 2.72. The minimum absolute atomic E-state index is 0.00931. The smallest absolute Gasteiger partial charge is 0.308 e. The van der Waals surface area contributed by atoms with Crippen LogP contribution < -0.4 is 0 Å². The lowest BCUT2D eigenvalue weighted by Gasteiger charge is -2.18. The summed E-state index contributed by atoms with van der Waals surface area (Å²) in [6.07, 6.45) is 0. The maximum atomic E-state index is 11.5. The molecule has 0 amide bonds. The SMILES string of the molecule is CC(C)CN1C[C@H](C(=O)O)[C@@H](c2ccccc2Cl)C1. The molecule has 0 unspecified atom stereocenters. The van der Waals surface area contributed by atoms with E-state index in [2.05, 4.69) is 18.7 Å². The molecule has 3 nitrogen and oxygen atoms in total. The fourth-order valence-corrected chi connectivity index (χ4v) is 3.17. The zero-order chi connectivity index (χ0) is 14.0. The highest BCUT2D eigenvalue weighted by atomic mass is 35.5. The van der Waals surface area contributed by atoms with Crippen molar-refractivity contribution in [1.29, 1.82) is 0 Å². The molecular weight excluding hydrogens is 262 g/mol. The lowest BCUT2D eigenvalue weighted by atomic mass is 9.89. The molecule has 4 heteroatoms. The Morgan fingerprint density at radius 2 is 2.11 bits per heavy atom. The van der Waals surface area contributed by atoms with E-state index < -0.39 is 5.97 Å². The van der Waals surface area contributed by atoms with E-state index in [4.69, 9.17) is 11.6 Å². The zero-order valence-electron chi connectivity index (χ0n) is 11.3. The van der Waals surface area contributed by atoms with Gasteiger partial charge in [-0.2, -0.15) is 0 Å². The minimum Gasteiger partial charge on any atom is -0.481 e. The van der Waals surface area contributed by atoms with Gasteiger partial charge in [0.05, 0.1) is 5.92 Å². The predicted octanol–water partition coefficient (Wildman–Crippen LogP) is 3.10. The summed E-state index contributed by atoms with van der Waals surface area (Å²) in [4.78, 5) is 13.7. The van der Waals surface area contributed by atoms with E-state index in [1.807, 2.05) is 24.3 Å². The van der Waals surface area contributed by atoms with Gasteiger partial charge in [0, 0.05) is 30.6 Å². The molecule has 0 radical (unpaired) electrons. The Balaban J connectivity index is 2.22. The zero-order valence-corrected chi connectivity index (χ0v) is 12.1. The van der Waals surface area contributed by atoms with E-state index in [1.165, 1.54) is 0 Å². The summed E-state index contributed by atoms with van der Waals surface area (Å²) in [6, 6.07) is 7.58. The number of carboxylic acid groups (broad SMARTS) is 1. The van der Waals surface area contributed by atoms with E-state index >= 15 is 0 Å². The van der Waals surface area contributed by atoms with Gasteiger partial charge < -0.3 is 10.0 Å². The molecule has 1 saturated heterocycles. The summed E-state index contributed by atoms with van der Waals surface area (Å²) >= 11 is 6.22. The monoisotopic (exact) mass is 281 g/mol. The molecule has 0 saturated carbocycles. The summed E-state index contributed by atoms with van der Waals surface area (Å²) in [5.41, 5.74) is 0.961. The molecule has 0 bridgehead atoms. The van der Waals surface area contributed by atoms with Gasteiger partial charge in [0.2, 0.25) is 0 Å².